The molecule has 438 valence electrons. The molecule has 6 amide bonds. The van der Waals surface area contributed by atoms with Crippen molar-refractivity contribution in [1.29, 1.82) is 0 Å². The number of amides is 6. The molecule has 2 aromatic rings. The van der Waals surface area contributed by atoms with Crippen molar-refractivity contribution >= 4 is 64.7 Å². The van der Waals surface area contributed by atoms with Gasteiger partial charge in [-0.05, 0) is 25.5 Å². The van der Waals surface area contributed by atoms with Gasteiger partial charge < -0.3 is 74.4 Å². The van der Waals surface area contributed by atoms with Crippen LogP contribution in [0, 0.1) is 0 Å². The number of hydrogen-bond donors (Lipinski definition) is 5. The highest BCUT2D eigenvalue weighted by Gasteiger charge is 2.26. The van der Waals surface area contributed by atoms with Crippen molar-refractivity contribution in [3.8, 4) is 0 Å². The van der Waals surface area contributed by atoms with E-state index in [-0.39, 0.29) is 62.5 Å². The summed E-state index contributed by atoms with van der Waals surface area (Å²) < 4.78 is 54.7. The Kier molecular flexibility index (Phi) is 33.5. The zero-order valence-electron chi connectivity index (χ0n) is 45.2. The Morgan fingerprint density at radius 1 is 0.620 bits per heavy atom. The summed E-state index contributed by atoms with van der Waals surface area (Å²) in [7, 11) is 0. The Morgan fingerprint density at radius 2 is 1.11 bits per heavy atom. The lowest BCUT2D eigenvalue weighted by molar-refractivity contribution is -0.180. The van der Waals surface area contributed by atoms with Gasteiger partial charge in [0.1, 0.15) is 18.1 Å². The van der Waals surface area contributed by atoms with E-state index in [1.54, 1.807) is 13.0 Å². The van der Waals surface area contributed by atoms with Gasteiger partial charge in [-0.25, -0.2) is 20.0 Å². The molecular formula is C51H77N11O17. The first-order chi connectivity index (χ1) is 38.6. The molecule has 0 bridgehead atoms. The maximum atomic E-state index is 13.2. The number of nitrogens with two attached hydrogens (primary N) is 1. The number of carbonyl (C=O) groups excluding carboxylic acids is 6. The van der Waals surface area contributed by atoms with Crippen LogP contribution < -0.4 is 27.0 Å². The Labute approximate surface area is 459 Å². The molecule has 0 radical (unpaired) electrons. The van der Waals surface area contributed by atoms with Crippen molar-refractivity contribution in [3.05, 3.63) is 53.6 Å². The second kappa shape index (κ2) is 40.7. The number of anilines is 2. The van der Waals surface area contributed by atoms with Crippen LogP contribution in [0.15, 0.2) is 47.4 Å². The van der Waals surface area contributed by atoms with Gasteiger partial charge >= 0.3 is 0 Å². The average molecular weight is 1120 g/mol. The van der Waals surface area contributed by atoms with Crippen LogP contribution in [0.25, 0.3) is 6.08 Å². The van der Waals surface area contributed by atoms with Crippen molar-refractivity contribution in [3.63, 3.8) is 0 Å². The molecule has 28 nitrogen and oxygen atoms in total. The molecule has 0 saturated heterocycles. The molecule has 0 saturated carbocycles. The van der Waals surface area contributed by atoms with Gasteiger partial charge in [0.15, 0.2) is 0 Å². The minimum atomic E-state index is -0.517. The normalized spacial score (nSPS) is 13.0. The van der Waals surface area contributed by atoms with Crippen LogP contribution in [-0.4, -0.2) is 238 Å². The number of aromatic nitrogens is 3. The van der Waals surface area contributed by atoms with Gasteiger partial charge in [0, 0.05) is 68.5 Å². The lowest BCUT2D eigenvalue weighted by Gasteiger charge is -2.21. The fourth-order valence-corrected chi connectivity index (χ4v) is 6.74. The summed E-state index contributed by atoms with van der Waals surface area (Å²) in [5.74, 6) is -1.92. The number of hydrogen-bond acceptors (Lipinski definition) is 23. The van der Waals surface area contributed by atoms with Crippen LogP contribution in [0.4, 0.5) is 17.3 Å². The van der Waals surface area contributed by atoms with Gasteiger partial charge in [-0.1, -0.05) is 6.92 Å². The minimum Gasteiger partial charge on any atom is -0.387 e. The van der Waals surface area contributed by atoms with Crippen LogP contribution in [0.3, 0.4) is 0 Å². The average Bonchev–Trinajstić information content (AvgIpc) is 3.69. The summed E-state index contributed by atoms with van der Waals surface area (Å²) in [5, 5.41) is 12.4. The Hall–Kier alpha value is -6.44. The summed E-state index contributed by atoms with van der Waals surface area (Å²) in [6, 6.07) is 1.50. The predicted molar refractivity (Wildman–Crippen MR) is 285 cm³/mol. The largest absolute Gasteiger partial charge is 0.387 e. The van der Waals surface area contributed by atoms with E-state index in [0.717, 1.165) is 17.1 Å². The van der Waals surface area contributed by atoms with Gasteiger partial charge in [-0.2, -0.15) is 0 Å². The van der Waals surface area contributed by atoms with E-state index in [9.17, 15) is 28.8 Å². The summed E-state index contributed by atoms with van der Waals surface area (Å²) in [6.45, 7) is 13.1. The second-order valence-corrected chi connectivity index (χ2v) is 16.7. The number of fused-ring (bicyclic) bond motifs is 1. The molecule has 0 unspecified atom stereocenters. The highest BCUT2D eigenvalue weighted by Crippen LogP contribution is 2.28. The lowest BCUT2D eigenvalue weighted by Crippen LogP contribution is -2.41. The van der Waals surface area contributed by atoms with Crippen molar-refractivity contribution < 1.29 is 81.0 Å². The summed E-state index contributed by atoms with van der Waals surface area (Å²) >= 11 is 0. The monoisotopic (exact) mass is 1120 g/mol. The lowest BCUT2D eigenvalue weighted by atomic mass is 10.1. The highest BCUT2D eigenvalue weighted by molar-refractivity contribution is 6.14. The van der Waals surface area contributed by atoms with Gasteiger partial charge in [0.25, 0.3) is 23.6 Å². The first-order valence-electron chi connectivity index (χ1n) is 26.3. The maximum Gasteiger partial charge on any atom is 0.274 e. The number of hydroxylamine groups is 2. The first-order valence-corrected chi connectivity index (χ1v) is 26.3. The summed E-state index contributed by atoms with van der Waals surface area (Å²) in [5.41, 5.74) is 7.90. The Bertz CT molecular complexity index is 2220. The van der Waals surface area contributed by atoms with Crippen molar-refractivity contribution in [2.24, 2.45) is 10.7 Å². The third-order valence-corrected chi connectivity index (χ3v) is 10.6. The molecule has 28 heteroatoms. The number of rotatable bonds is 46. The smallest absolute Gasteiger partial charge is 0.274 e. The molecule has 0 fully saturated rings. The molecule has 0 aliphatic carbocycles. The zero-order chi connectivity index (χ0) is 56.6. The standard InChI is InChI=1S/C51H77N11O17/c1-3-11-62(79-4-2)50(68)39-32-40-35-56-43(34-42(40)60-44(52)33-39)49(67)59-41-36-57-51(58-37-41)55-9-8-53-45(63)7-12-69-14-16-71-18-20-73-22-24-75-26-28-77-30-31-78-29-27-76-25-23-74-21-19-72-17-15-70-13-10-54-46(64)38-61-47(65)5-6-48(61)66/h5-6,32,34-37H,3-4,7-31,33,38H2,1-2H3,(H2,52,60)(H,53,63)(H,54,64)(H,59,67)(H,55,57,58). The van der Waals surface area contributed by atoms with E-state index in [1.807, 2.05) is 6.92 Å². The minimum absolute atomic E-state index is 0.0794. The number of imide groups is 1. The maximum absolute atomic E-state index is 13.2. The SMILES string of the molecule is CCCN(OCC)C(=O)C1=Cc2cnc(C(=O)Nc3cnc(NCCNC(=O)CCOCCOCCOCCOCCOCCOCCOCCOCCOCCOCCNC(=O)CN4C(=O)C=CC4=O)nc3)cc2N=C(N)C1. The summed E-state index contributed by atoms with van der Waals surface area (Å²) in [6.07, 6.45) is 9.28. The third-order valence-electron chi connectivity index (χ3n) is 10.6. The highest BCUT2D eigenvalue weighted by atomic mass is 16.7. The fraction of sp³-hybridized carbons (Fsp3) is 0.608. The number of carbonyl (C=O) groups is 6. The van der Waals surface area contributed by atoms with Gasteiger partial charge in [0.2, 0.25) is 17.8 Å². The number of ether oxygens (including phenoxy) is 10. The molecule has 2 aliphatic heterocycles. The van der Waals surface area contributed by atoms with Crippen molar-refractivity contribution in [2.75, 3.05) is 182 Å². The van der Waals surface area contributed by atoms with Gasteiger partial charge in [0.05, 0.1) is 163 Å². The van der Waals surface area contributed by atoms with E-state index < -0.39 is 23.6 Å². The van der Waals surface area contributed by atoms with Gasteiger partial charge in [-0.15, -0.1) is 0 Å². The van der Waals surface area contributed by atoms with Crippen LogP contribution >= 0.6 is 0 Å². The molecule has 2 aliphatic rings. The molecule has 4 rings (SSSR count). The number of amidine groups is 1. The number of aliphatic imine (C=N–C) groups is 1. The molecule has 0 spiro atoms. The zero-order valence-corrected chi connectivity index (χ0v) is 45.2. The van der Waals surface area contributed by atoms with Crippen LogP contribution in [-0.2, 0) is 76.2 Å². The van der Waals surface area contributed by atoms with E-state index >= 15 is 0 Å². The van der Waals surface area contributed by atoms with Crippen molar-refractivity contribution in [2.45, 2.75) is 33.1 Å². The molecular weight excluding hydrogens is 1040 g/mol. The van der Waals surface area contributed by atoms with Crippen LogP contribution in [0.1, 0.15) is 49.2 Å². The molecule has 2 aromatic heterocycles. The van der Waals surface area contributed by atoms with E-state index in [1.165, 1.54) is 29.7 Å². The second-order valence-electron chi connectivity index (χ2n) is 16.7. The topological polar surface area (TPSA) is 336 Å². The molecule has 4 heterocycles. The van der Waals surface area contributed by atoms with E-state index in [2.05, 4.69) is 41.2 Å². The molecule has 0 aromatic carbocycles. The number of pyridine rings is 1. The van der Waals surface area contributed by atoms with Crippen LogP contribution in [0.2, 0.25) is 0 Å². The Morgan fingerprint density at radius 3 is 1.62 bits per heavy atom. The number of nitrogens with one attached hydrogen (secondary N) is 4. The Balaban J connectivity index is 0.842. The van der Waals surface area contributed by atoms with Crippen LogP contribution in [0.5, 0.6) is 0 Å². The predicted octanol–water partition coefficient (Wildman–Crippen LogP) is 0.215. The van der Waals surface area contributed by atoms with E-state index in [4.69, 9.17) is 57.9 Å². The number of nitrogens with zero attached hydrogens (tertiary/aromatic N) is 6. The first kappa shape index (κ1) is 65.1. The van der Waals surface area contributed by atoms with E-state index in [0.29, 0.717) is 180 Å². The third kappa shape index (κ3) is 28.3. The van der Waals surface area contributed by atoms with Gasteiger partial charge in [-0.3, -0.25) is 43.5 Å². The molecule has 0 atom stereocenters. The quantitative estimate of drug-likeness (QED) is 0.0336. The summed E-state index contributed by atoms with van der Waals surface area (Å²) in [4.78, 5) is 96.7. The fourth-order valence-electron chi connectivity index (χ4n) is 6.74. The van der Waals surface area contributed by atoms with Crippen molar-refractivity contribution in [1.82, 2.24) is 35.5 Å². The molecule has 6 N–H and O–H groups in total. The molecule has 79 heavy (non-hydrogen) atoms.